The summed E-state index contributed by atoms with van der Waals surface area (Å²) in [5.74, 6) is 1.97. The summed E-state index contributed by atoms with van der Waals surface area (Å²) in [5.41, 5.74) is 5.38. The number of ether oxygens (including phenoxy) is 2. The lowest BCUT2D eigenvalue weighted by atomic mass is 10.0. The monoisotopic (exact) mass is 603 g/mol. The third-order valence-corrected chi connectivity index (χ3v) is 8.41. The van der Waals surface area contributed by atoms with Gasteiger partial charge < -0.3 is 24.2 Å². The highest BCUT2D eigenvalue weighted by Gasteiger charge is 2.25. The van der Waals surface area contributed by atoms with Gasteiger partial charge in [-0.3, -0.25) is 9.59 Å². The lowest BCUT2D eigenvalue weighted by molar-refractivity contribution is -0.118. The fraction of sp³-hybridized carbons (Fsp3) is 0.316. The highest BCUT2D eigenvalue weighted by Crippen LogP contribution is 2.36. The van der Waals surface area contributed by atoms with Crippen LogP contribution in [0.2, 0.25) is 0 Å². The van der Waals surface area contributed by atoms with Gasteiger partial charge in [0.15, 0.2) is 11.5 Å². The molecule has 232 valence electrons. The van der Waals surface area contributed by atoms with Crippen molar-refractivity contribution in [2.24, 2.45) is 5.92 Å². The zero-order valence-electron chi connectivity index (χ0n) is 26.2. The third kappa shape index (κ3) is 7.37. The molecule has 0 aliphatic carbocycles. The van der Waals surface area contributed by atoms with E-state index < -0.39 is 0 Å². The molecular weight excluding hydrogens is 562 g/mol. The van der Waals surface area contributed by atoms with Crippen molar-refractivity contribution in [2.45, 2.75) is 33.2 Å². The zero-order valence-corrected chi connectivity index (χ0v) is 26.2. The van der Waals surface area contributed by atoms with E-state index in [1.165, 1.54) is 0 Å². The first-order chi connectivity index (χ1) is 21.9. The Bertz CT molecular complexity index is 1640. The summed E-state index contributed by atoms with van der Waals surface area (Å²) in [6.45, 7) is 8.86. The smallest absolute Gasteiger partial charge is 0.254 e. The van der Waals surface area contributed by atoms with Crippen LogP contribution in [-0.4, -0.2) is 61.1 Å². The van der Waals surface area contributed by atoms with Crippen molar-refractivity contribution < 1.29 is 19.1 Å². The first kappa shape index (κ1) is 30.4. The minimum absolute atomic E-state index is 0.0293. The first-order valence-electron chi connectivity index (χ1n) is 15.9. The van der Waals surface area contributed by atoms with Gasteiger partial charge in [0, 0.05) is 44.0 Å². The van der Waals surface area contributed by atoms with Gasteiger partial charge >= 0.3 is 0 Å². The van der Waals surface area contributed by atoms with E-state index in [1.54, 1.807) is 0 Å². The maximum atomic E-state index is 14.3. The van der Waals surface area contributed by atoms with E-state index in [1.807, 2.05) is 107 Å². The lowest BCUT2D eigenvalue weighted by Gasteiger charge is -2.29. The molecule has 0 spiro atoms. The molecule has 0 unspecified atom stereocenters. The Morgan fingerprint density at radius 3 is 2.38 bits per heavy atom. The molecule has 4 aromatic rings. The summed E-state index contributed by atoms with van der Waals surface area (Å²) >= 11 is 0. The Morgan fingerprint density at radius 1 is 0.756 bits per heavy atom. The van der Waals surface area contributed by atoms with Gasteiger partial charge in [0.1, 0.15) is 0 Å². The maximum Gasteiger partial charge on any atom is 0.254 e. The zero-order chi connectivity index (χ0) is 31.2. The molecule has 6 rings (SSSR count). The minimum atomic E-state index is -0.0293. The molecule has 0 N–H and O–H groups in total. The number of carbonyl (C=O) groups is 2. The Balaban J connectivity index is 1.31. The summed E-state index contributed by atoms with van der Waals surface area (Å²) in [7, 11) is 0. The van der Waals surface area contributed by atoms with Gasteiger partial charge in [-0.15, -0.1) is 0 Å². The van der Waals surface area contributed by atoms with Crippen molar-refractivity contribution >= 4 is 17.5 Å². The van der Waals surface area contributed by atoms with Crippen LogP contribution in [0.4, 0.5) is 5.69 Å². The predicted molar refractivity (Wildman–Crippen MR) is 178 cm³/mol. The number of hydrogen-bond acceptors (Lipinski definition) is 5. The van der Waals surface area contributed by atoms with Crippen LogP contribution >= 0.6 is 0 Å². The number of para-hydroxylation sites is 1. The van der Waals surface area contributed by atoms with Crippen molar-refractivity contribution in [3.05, 3.63) is 114 Å². The average Bonchev–Trinajstić information content (AvgIpc) is 3.52. The molecule has 2 aliphatic rings. The van der Waals surface area contributed by atoms with Crippen LogP contribution < -0.4 is 14.4 Å². The van der Waals surface area contributed by atoms with Gasteiger partial charge in [0.2, 0.25) is 12.7 Å². The first-order valence-corrected chi connectivity index (χ1v) is 15.9. The van der Waals surface area contributed by atoms with Gasteiger partial charge in [-0.1, -0.05) is 80.6 Å². The van der Waals surface area contributed by atoms with Crippen LogP contribution in [0, 0.1) is 5.92 Å². The molecule has 0 saturated carbocycles. The minimum Gasteiger partial charge on any atom is -0.454 e. The Kier molecular flexibility index (Phi) is 9.46. The van der Waals surface area contributed by atoms with Crippen molar-refractivity contribution in [1.82, 2.24) is 9.80 Å². The fourth-order valence-electron chi connectivity index (χ4n) is 6.23. The Morgan fingerprint density at radius 2 is 1.53 bits per heavy atom. The van der Waals surface area contributed by atoms with E-state index in [9.17, 15) is 9.59 Å². The number of rotatable bonds is 6. The molecular formula is C38H41N3O4. The van der Waals surface area contributed by atoms with Crippen LogP contribution in [-0.2, 0) is 17.8 Å². The van der Waals surface area contributed by atoms with E-state index in [-0.39, 0.29) is 18.6 Å². The molecule has 4 aromatic carbocycles. The number of amides is 2. The number of nitrogens with zero attached hydrogens (tertiary/aromatic N) is 3. The van der Waals surface area contributed by atoms with Crippen molar-refractivity contribution in [1.29, 1.82) is 0 Å². The second-order valence-corrected chi connectivity index (χ2v) is 12.3. The fourth-order valence-corrected chi connectivity index (χ4v) is 6.23. The lowest BCUT2D eigenvalue weighted by Crippen LogP contribution is -2.40. The summed E-state index contributed by atoms with van der Waals surface area (Å²) in [6.07, 6.45) is 1.19. The molecule has 7 heteroatoms. The summed E-state index contributed by atoms with van der Waals surface area (Å²) in [6, 6.07) is 31.6. The molecule has 0 bridgehead atoms. The van der Waals surface area contributed by atoms with Crippen molar-refractivity contribution in [2.75, 3.05) is 44.4 Å². The Hall–Kier alpha value is -4.62. The molecule has 0 radical (unpaired) electrons. The highest BCUT2D eigenvalue weighted by molar-refractivity contribution is 5.97. The molecule has 2 aliphatic heterocycles. The molecule has 45 heavy (non-hydrogen) atoms. The topological polar surface area (TPSA) is 62.3 Å². The number of hydrogen-bond donors (Lipinski definition) is 0. The normalized spacial score (nSPS) is 15.4. The maximum absolute atomic E-state index is 14.3. The summed E-state index contributed by atoms with van der Waals surface area (Å²) < 4.78 is 11.1. The van der Waals surface area contributed by atoms with E-state index >= 15 is 0 Å². The molecule has 2 amide bonds. The number of fused-ring (bicyclic) bond motifs is 2. The van der Waals surface area contributed by atoms with Crippen molar-refractivity contribution in [3.8, 4) is 22.6 Å². The number of benzene rings is 4. The third-order valence-electron chi connectivity index (χ3n) is 8.41. The quantitative estimate of drug-likeness (QED) is 0.247. The van der Waals surface area contributed by atoms with E-state index in [0.717, 1.165) is 59.7 Å². The van der Waals surface area contributed by atoms with Gasteiger partial charge in [-0.25, -0.2) is 0 Å². The van der Waals surface area contributed by atoms with Gasteiger partial charge in [-0.2, -0.15) is 0 Å². The van der Waals surface area contributed by atoms with Gasteiger partial charge in [0.25, 0.3) is 5.91 Å². The summed E-state index contributed by atoms with van der Waals surface area (Å²) in [5, 5.41) is 0. The largest absolute Gasteiger partial charge is 0.454 e. The van der Waals surface area contributed by atoms with E-state index in [2.05, 4.69) is 18.7 Å². The molecule has 2 heterocycles. The van der Waals surface area contributed by atoms with Gasteiger partial charge in [-0.05, 0) is 71.5 Å². The van der Waals surface area contributed by atoms with Crippen LogP contribution in [0.3, 0.4) is 0 Å². The molecule has 0 aromatic heterocycles. The van der Waals surface area contributed by atoms with E-state index in [4.69, 9.17) is 9.47 Å². The SMILES string of the molecule is CC(C)CN1CCCN(C(=O)Cc2ccccc2)c2ccccc2CN(C(=O)c2cccc(-c3ccc4c(c3)OCO4)c2)CC1. The molecule has 0 atom stereocenters. The van der Waals surface area contributed by atoms with Crippen LogP contribution in [0.5, 0.6) is 11.5 Å². The standard InChI is InChI=1S/C38H41N3O4/c1-28(2)25-39-18-9-19-41(37(42)22-29-10-4-3-5-11-29)34-15-7-6-12-33(34)26-40(21-20-39)38(43)32-14-8-13-30(23-32)31-16-17-35-36(24-31)45-27-44-35/h3-8,10-17,23-24,28H,9,18-22,25-27H2,1-2H3. The number of anilines is 1. The van der Waals surface area contributed by atoms with Crippen LogP contribution in [0.15, 0.2) is 97.1 Å². The average molecular weight is 604 g/mol. The molecule has 7 nitrogen and oxygen atoms in total. The van der Waals surface area contributed by atoms with Crippen LogP contribution in [0.1, 0.15) is 41.8 Å². The molecule has 0 fully saturated rings. The van der Waals surface area contributed by atoms with Gasteiger partial charge in [0.05, 0.1) is 6.42 Å². The number of carbonyl (C=O) groups excluding carboxylic acids is 2. The molecule has 0 saturated heterocycles. The van der Waals surface area contributed by atoms with Crippen molar-refractivity contribution in [3.63, 3.8) is 0 Å². The highest BCUT2D eigenvalue weighted by atomic mass is 16.7. The predicted octanol–water partition coefficient (Wildman–Crippen LogP) is 6.66. The second kappa shape index (κ2) is 14.0. The van der Waals surface area contributed by atoms with E-state index in [0.29, 0.717) is 43.3 Å². The second-order valence-electron chi connectivity index (χ2n) is 12.3. The Labute approximate surface area is 266 Å². The van der Waals surface area contributed by atoms with Crippen LogP contribution in [0.25, 0.3) is 11.1 Å². The summed E-state index contributed by atoms with van der Waals surface area (Å²) in [4.78, 5) is 34.4.